The van der Waals surface area contributed by atoms with Gasteiger partial charge in [0, 0.05) is 0 Å². The molecule has 0 heterocycles. The van der Waals surface area contributed by atoms with Gasteiger partial charge in [-0.05, 0) is 26.2 Å². The van der Waals surface area contributed by atoms with Crippen LogP contribution in [0.25, 0.3) is 0 Å². The minimum Gasteiger partial charge on any atom is -0.453 e. The maximum Gasteiger partial charge on any atom is 0.223 e. The summed E-state index contributed by atoms with van der Waals surface area (Å²) in [4.78, 5) is 0. The van der Waals surface area contributed by atoms with Gasteiger partial charge in [-0.25, -0.2) is 0 Å². The molecule has 0 saturated carbocycles. The smallest absolute Gasteiger partial charge is 0.223 e. The van der Waals surface area contributed by atoms with E-state index < -0.39 is 17.4 Å². The predicted octanol–water partition coefficient (Wildman–Crippen LogP) is 2.18. The van der Waals surface area contributed by atoms with E-state index in [9.17, 15) is 0 Å². The molecule has 0 bridgehead atoms. The Balaban J connectivity index is 3.59. The van der Waals surface area contributed by atoms with Gasteiger partial charge in [-0.3, -0.25) is 0 Å². The average Bonchev–Trinajstić information content (AvgIpc) is 1.62. The van der Waals surface area contributed by atoms with Crippen LogP contribution in [0.2, 0.25) is 26.2 Å². The van der Waals surface area contributed by atoms with Gasteiger partial charge in [-0.15, -0.1) is 6.58 Å². The summed E-state index contributed by atoms with van der Waals surface area (Å²) in [6.07, 6.45) is 0. The number of hydrogen-bond donors (Lipinski definition) is 0. The molecule has 0 aromatic carbocycles. The lowest BCUT2D eigenvalue weighted by Crippen LogP contribution is -2.31. The lowest BCUT2D eigenvalue weighted by molar-refractivity contribution is 0.588. The second-order valence-electron chi connectivity index (χ2n) is 3.03. The maximum atomic E-state index is 5.71. The summed E-state index contributed by atoms with van der Waals surface area (Å²) < 4.78 is 5.71. The Morgan fingerprint density at radius 3 is 2.00 bits per heavy atom. The van der Waals surface area contributed by atoms with E-state index in [4.69, 9.17) is 4.12 Å². The van der Waals surface area contributed by atoms with E-state index in [1.807, 2.05) is 5.70 Å². The van der Waals surface area contributed by atoms with E-state index in [1.165, 1.54) is 0 Å². The largest absolute Gasteiger partial charge is 0.453 e. The van der Waals surface area contributed by atoms with Crippen molar-refractivity contribution >= 4 is 17.4 Å². The lowest BCUT2D eigenvalue weighted by Gasteiger charge is -2.19. The molecule has 0 rings (SSSR count). The highest BCUT2D eigenvalue weighted by Crippen LogP contribution is 2.04. The van der Waals surface area contributed by atoms with Crippen LogP contribution < -0.4 is 0 Å². The molecule has 0 unspecified atom stereocenters. The highest BCUT2D eigenvalue weighted by Gasteiger charge is 2.16. The molecule has 0 aliphatic carbocycles. The maximum absolute atomic E-state index is 5.71. The van der Waals surface area contributed by atoms with Crippen LogP contribution in [0.15, 0.2) is 12.3 Å². The van der Waals surface area contributed by atoms with Crippen molar-refractivity contribution in [3.8, 4) is 0 Å². The molecular formula is C6H15OSi2. The van der Waals surface area contributed by atoms with E-state index in [1.54, 1.807) is 0 Å². The Kier molecular flexibility index (Phi) is 3.39. The Hall–Kier alpha value is 0.134. The Morgan fingerprint density at radius 1 is 1.44 bits per heavy atom. The Morgan fingerprint density at radius 2 is 1.89 bits per heavy atom. The van der Waals surface area contributed by atoms with Crippen LogP contribution in [0.1, 0.15) is 0 Å². The third kappa shape index (κ3) is 6.01. The molecule has 53 valence electrons. The van der Waals surface area contributed by atoms with Crippen LogP contribution in [0.3, 0.4) is 0 Å². The molecule has 0 spiro atoms. The topological polar surface area (TPSA) is 9.23 Å². The second kappa shape index (κ2) is 3.34. The summed E-state index contributed by atoms with van der Waals surface area (Å²) >= 11 is 0. The van der Waals surface area contributed by atoms with Crippen molar-refractivity contribution in [1.82, 2.24) is 0 Å². The Bertz CT molecular complexity index is 95.7. The van der Waals surface area contributed by atoms with Crippen molar-refractivity contribution in [2.75, 3.05) is 0 Å². The summed E-state index contributed by atoms with van der Waals surface area (Å²) in [5, 5.41) is 0. The van der Waals surface area contributed by atoms with E-state index in [0.29, 0.717) is 0 Å². The fourth-order valence-electron chi connectivity index (χ4n) is 0.525. The van der Waals surface area contributed by atoms with E-state index in [-0.39, 0.29) is 0 Å². The first-order chi connectivity index (χ1) is 3.95. The van der Waals surface area contributed by atoms with Crippen molar-refractivity contribution in [3.05, 3.63) is 12.3 Å². The minimum atomic E-state index is -1.27. The standard InChI is InChI=1S/C6H15OSi2/c1-6-8(2)7-9(3,4)5/h6H,1H2,2-5H3. The molecule has 9 heavy (non-hydrogen) atoms. The van der Waals surface area contributed by atoms with Gasteiger partial charge in [0.25, 0.3) is 0 Å². The summed E-state index contributed by atoms with van der Waals surface area (Å²) in [6.45, 7) is 12.4. The zero-order valence-electron chi connectivity index (χ0n) is 6.69. The van der Waals surface area contributed by atoms with Crippen LogP contribution in [0, 0.1) is 0 Å². The van der Waals surface area contributed by atoms with Crippen LogP contribution in [-0.4, -0.2) is 17.4 Å². The van der Waals surface area contributed by atoms with Crippen molar-refractivity contribution in [2.24, 2.45) is 0 Å². The van der Waals surface area contributed by atoms with Crippen LogP contribution in [-0.2, 0) is 4.12 Å². The first kappa shape index (κ1) is 9.13. The van der Waals surface area contributed by atoms with Gasteiger partial charge in [0.1, 0.15) is 0 Å². The van der Waals surface area contributed by atoms with Gasteiger partial charge in [-0.2, -0.15) is 0 Å². The monoisotopic (exact) mass is 159 g/mol. The zero-order chi connectivity index (χ0) is 7.49. The SMILES string of the molecule is C=C[Si](C)O[Si](C)(C)C. The molecule has 0 aromatic heterocycles. The van der Waals surface area contributed by atoms with Crippen LogP contribution in [0.4, 0.5) is 0 Å². The molecule has 1 nitrogen and oxygen atoms in total. The molecule has 0 aliphatic rings. The highest BCUT2D eigenvalue weighted by atomic mass is 28.4. The molecule has 3 heteroatoms. The van der Waals surface area contributed by atoms with Crippen molar-refractivity contribution in [1.29, 1.82) is 0 Å². The normalized spacial score (nSPS) is 12.1. The fourth-order valence-corrected chi connectivity index (χ4v) is 4.72. The third-order valence-electron chi connectivity index (χ3n) is 0.755. The molecule has 0 N–H and O–H groups in total. The van der Waals surface area contributed by atoms with E-state index in [0.717, 1.165) is 0 Å². The average molecular weight is 159 g/mol. The summed E-state index contributed by atoms with van der Waals surface area (Å²) in [6, 6.07) is 0. The molecule has 1 radical (unpaired) electrons. The van der Waals surface area contributed by atoms with E-state index >= 15 is 0 Å². The van der Waals surface area contributed by atoms with Gasteiger partial charge in [-0.1, -0.05) is 5.70 Å². The molecular weight excluding hydrogens is 144 g/mol. The van der Waals surface area contributed by atoms with Gasteiger partial charge in [0.15, 0.2) is 8.32 Å². The number of rotatable bonds is 3. The zero-order valence-corrected chi connectivity index (χ0v) is 8.69. The van der Waals surface area contributed by atoms with Crippen molar-refractivity contribution < 1.29 is 4.12 Å². The highest BCUT2D eigenvalue weighted by molar-refractivity contribution is 6.78. The first-order valence-corrected chi connectivity index (χ1v) is 8.50. The third-order valence-corrected chi connectivity index (χ3v) is 5.07. The van der Waals surface area contributed by atoms with Gasteiger partial charge < -0.3 is 4.12 Å². The van der Waals surface area contributed by atoms with Crippen LogP contribution in [0.5, 0.6) is 0 Å². The molecule has 0 atom stereocenters. The first-order valence-electron chi connectivity index (χ1n) is 3.11. The minimum absolute atomic E-state index is 0.661. The van der Waals surface area contributed by atoms with E-state index in [2.05, 4.69) is 32.8 Å². The number of hydrogen-bond acceptors (Lipinski definition) is 1. The van der Waals surface area contributed by atoms with Gasteiger partial charge in [0.05, 0.1) is 0 Å². The molecule has 0 saturated heterocycles. The molecule has 0 aromatic rings. The van der Waals surface area contributed by atoms with Gasteiger partial charge >= 0.3 is 0 Å². The predicted molar refractivity (Wildman–Crippen MR) is 46.2 cm³/mol. The van der Waals surface area contributed by atoms with Crippen molar-refractivity contribution in [2.45, 2.75) is 26.2 Å². The van der Waals surface area contributed by atoms with Crippen molar-refractivity contribution in [3.63, 3.8) is 0 Å². The molecule has 0 aliphatic heterocycles. The lowest BCUT2D eigenvalue weighted by atomic mass is 11.3. The molecule has 0 fully saturated rings. The van der Waals surface area contributed by atoms with Crippen LogP contribution >= 0.6 is 0 Å². The second-order valence-corrected chi connectivity index (χ2v) is 9.70. The summed E-state index contributed by atoms with van der Waals surface area (Å²) in [5.41, 5.74) is 1.93. The summed E-state index contributed by atoms with van der Waals surface area (Å²) in [5.74, 6) is 0. The Labute approximate surface area is 60.6 Å². The van der Waals surface area contributed by atoms with Gasteiger partial charge in [0.2, 0.25) is 9.04 Å². The fraction of sp³-hybridized carbons (Fsp3) is 0.667. The summed E-state index contributed by atoms with van der Waals surface area (Å²) in [7, 11) is -1.93. The molecule has 0 amide bonds. The quantitative estimate of drug-likeness (QED) is 0.574.